The highest BCUT2D eigenvalue weighted by molar-refractivity contribution is 5.71. The molecule has 0 rings (SSSR count). The van der Waals surface area contributed by atoms with Gasteiger partial charge in [-0.1, -0.05) is 242 Å². The standard InChI is InChI=1S/C70H108O6/c1-4-7-10-13-16-19-22-25-28-30-31-32-33-34-35-36-37-38-39-41-42-45-48-51-54-57-60-63-69(72)75-66-67(65-74-68(71)62-59-56-53-50-47-44-27-24-21-18-15-12-9-6-3)76-70(73)64-61-58-55-52-49-46-43-40-29-26-23-20-17-14-11-8-5-2/h7-8,10-11,15-20,24-29,31-32,34-35,37-38,41-43,46,52,55,67H,4-6,9,12-14,21-23,30,33,36,39-40,44-45,47-51,53-54,56-66H2,1-3H3/b10-7-,11-8-,18-15-,19-16-,20-17-,27-24-,28-25-,29-26-,32-31-,35-34-,38-37-,42-41-,46-43-,55-52-. The number of carbonyl (C=O) groups excluding carboxylic acids is 3. The smallest absolute Gasteiger partial charge is 0.306 e. The molecule has 6 nitrogen and oxygen atoms in total. The molecule has 1 atom stereocenters. The zero-order valence-corrected chi connectivity index (χ0v) is 48.4. The van der Waals surface area contributed by atoms with Crippen LogP contribution in [0.15, 0.2) is 170 Å². The van der Waals surface area contributed by atoms with E-state index in [9.17, 15) is 14.4 Å². The van der Waals surface area contributed by atoms with E-state index < -0.39 is 6.10 Å². The summed E-state index contributed by atoms with van der Waals surface area (Å²) < 4.78 is 16.8. The first-order chi connectivity index (χ1) is 37.5. The third-order valence-electron chi connectivity index (χ3n) is 11.9. The van der Waals surface area contributed by atoms with Crippen LogP contribution >= 0.6 is 0 Å². The van der Waals surface area contributed by atoms with Crippen LogP contribution in [0.3, 0.4) is 0 Å². The molecule has 0 aliphatic heterocycles. The fourth-order valence-electron chi connectivity index (χ4n) is 7.47. The highest BCUT2D eigenvalue weighted by Gasteiger charge is 2.19. The van der Waals surface area contributed by atoms with Crippen LogP contribution in [0.5, 0.6) is 0 Å². The quantitative estimate of drug-likeness (QED) is 0.0261. The van der Waals surface area contributed by atoms with Crippen molar-refractivity contribution in [2.24, 2.45) is 0 Å². The van der Waals surface area contributed by atoms with E-state index in [1.807, 2.05) is 0 Å². The van der Waals surface area contributed by atoms with Gasteiger partial charge in [0.2, 0.25) is 0 Å². The van der Waals surface area contributed by atoms with E-state index in [2.05, 4.69) is 191 Å². The first-order valence-corrected chi connectivity index (χ1v) is 30.1. The summed E-state index contributed by atoms with van der Waals surface area (Å²) in [6, 6.07) is 0. The fraction of sp³-hybridized carbons (Fsp3) is 0.557. The lowest BCUT2D eigenvalue weighted by molar-refractivity contribution is -0.167. The van der Waals surface area contributed by atoms with Gasteiger partial charge in [0.05, 0.1) is 0 Å². The second-order valence-electron chi connectivity index (χ2n) is 19.1. The SMILES string of the molecule is CC/C=C\C/C=C\C/C=C\C/C=C\C/C=C\C/C=C\C/C=C\CCCCCCCC(=O)OCC(COC(=O)CCCCCCC/C=C\C/C=C\CCCC)OC(=O)CCC/C=C\C/C=C\C/C=C\C/C=C\C/C=C\CC. The molecule has 0 aliphatic carbocycles. The molecule has 0 radical (unpaired) electrons. The van der Waals surface area contributed by atoms with E-state index in [-0.39, 0.29) is 37.5 Å². The molecule has 1 unspecified atom stereocenters. The van der Waals surface area contributed by atoms with Crippen LogP contribution < -0.4 is 0 Å². The summed E-state index contributed by atoms with van der Waals surface area (Å²) in [4.78, 5) is 38.2. The Hall–Kier alpha value is -5.23. The van der Waals surface area contributed by atoms with Crippen LogP contribution in [0.4, 0.5) is 0 Å². The van der Waals surface area contributed by atoms with E-state index in [0.29, 0.717) is 19.3 Å². The van der Waals surface area contributed by atoms with Crippen LogP contribution in [-0.4, -0.2) is 37.2 Å². The Morgan fingerprint density at radius 1 is 0.276 bits per heavy atom. The highest BCUT2D eigenvalue weighted by atomic mass is 16.6. The van der Waals surface area contributed by atoms with Gasteiger partial charge in [-0.15, -0.1) is 0 Å². The van der Waals surface area contributed by atoms with Crippen molar-refractivity contribution in [1.29, 1.82) is 0 Å². The summed E-state index contributed by atoms with van der Waals surface area (Å²) in [7, 11) is 0. The maximum Gasteiger partial charge on any atom is 0.306 e. The Balaban J connectivity index is 4.50. The van der Waals surface area contributed by atoms with Gasteiger partial charge in [-0.3, -0.25) is 14.4 Å². The lowest BCUT2D eigenvalue weighted by Gasteiger charge is -2.18. The van der Waals surface area contributed by atoms with E-state index in [1.165, 1.54) is 19.3 Å². The second kappa shape index (κ2) is 62.3. The minimum absolute atomic E-state index is 0.122. The largest absolute Gasteiger partial charge is 0.462 e. The molecule has 0 saturated carbocycles. The molecule has 0 aromatic carbocycles. The van der Waals surface area contributed by atoms with Gasteiger partial charge in [-0.2, -0.15) is 0 Å². The Bertz CT molecular complexity index is 1770. The van der Waals surface area contributed by atoms with Crippen molar-refractivity contribution in [3.8, 4) is 0 Å². The summed E-state index contributed by atoms with van der Waals surface area (Å²) in [5, 5.41) is 0. The third kappa shape index (κ3) is 59.6. The Kier molecular flexibility index (Phi) is 58.0. The topological polar surface area (TPSA) is 78.9 Å². The number of rotatable bonds is 52. The van der Waals surface area contributed by atoms with Gasteiger partial charge >= 0.3 is 17.9 Å². The molecule has 0 heterocycles. The molecular weight excluding hydrogens is 937 g/mol. The molecule has 0 aromatic rings. The van der Waals surface area contributed by atoms with Crippen LogP contribution in [-0.2, 0) is 28.6 Å². The van der Waals surface area contributed by atoms with Crippen molar-refractivity contribution in [2.75, 3.05) is 13.2 Å². The van der Waals surface area contributed by atoms with Gasteiger partial charge in [-0.25, -0.2) is 0 Å². The van der Waals surface area contributed by atoms with Crippen molar-refractivity contribution < 1.29 is 28.6 Å². The molecule has 0 spiro atoms. The van der Waals surface area contributed by atoms with Gasteiger partial charge in [-0.05, 0) is 141 Å². The predicted molar refractivity (Wildman–Crippen MR) is 329 cm³/mol. The molecule has 0 fully saturated rings. The number of unbranched alkanes of at least 4 members (excludes halogenated alkanes) is 13. The minimum Gasteiger partial charge on any atom is -0.462 e. The van der Waals surface area contributed by atoms with Gasteiger partial charge in [0.15, 0.2) is 6.10 Å². The van der Waals surface area contributed by atoms with Crippen LogP contribution in [0, 0.1) is 0 Å². The zero-order valence-electron chi connectivity index (χ0n) is 48.4. The van der Waals surface area contributed by atoms with Crippen molar-refractivity contribution in [3.63, 3.8) is 0 Å². The third-order valence-corrected chi connectivity index (χ3v) is 11.9. The molecule has 0 aromatic heterocycles. The van der Waals surface area contributed by atoms with Crippen molar-refractivity contribution in [1.82, 2.24) is 0 Å². The zero-order chi connectivity index (χ0) is 55.0. The lowest BCUT2D eigenvalue weighted by atomic mass is 10.1. The first kappa shape index (κ1) is 70.8. The Morgan fingerprint density at radius 2 is 0.526 bits per heavy atom. The van der Waals surface area contributed by atoms with E-state index in [4.69, 9.17) is 14.2 Å². The molecule has 76 heavy (non-hydrogen) atoms. The van der Waals surface area contributed by atoms with E-state index in [0.717, 1.165) is 167 Å². The first-order valence-electron chi connectivity index (χ1n) is 30.1. The Morgan fingerprint density at radius 3 is 0.842 bits per heavy atom. The molecule has 0 bridgehead atoms. The van der Waals surface area contributed by atoms with Gasteiger partial charge in [0, 0.05) is 19.3 Å². The average molecular weight is 1050 g/mol. The van der Waals surface area contributed by atoms with Crippen LogP contribution in [0.1, 0.15) is 233 Å². The number of hydrogen-bond acceptors (Lipinski definition) is 6. The summed E-state index contributed by atoms with van der Waals surface area (Å²) in [6.07, 6.45) is 92.1. The maximum absolute atomic E-state index is 12.9. The van der Waals surface area contributed by atoms with Crippen LogP contribution in [0.2, 0.25) is 0 Å². The molecule has 0 amide bonds. The number of allylic oxidation sites excluding steroid dienone is 28. The number of ether oxygens (including phenoxy) is 3. The second-order valence-corrected chi connectivity index (χ2v) is 19.1. The summed E-state index contributed by atoms with van der Waals surface area (Å²) >= 11 is 0. The Labute approximate surface area is 466 Å². The number of hydrogen-bond donors (Lipinski definition) is 0. The van der Waals surface area contributed by atoms with E-state index in [1.54, 1.807) is 0 Å². The molecule has 0 saturated heterocycles. The summed E-state index contributed by atoms with van der Waals surface area (Å²) in [5.41, 5.74) is 0. The van der Waals surface area contributed by atoms with E-state index >= 15 is 0 Å². The summed E-state index contributed by atoms with van der Waals surface area (Å²) in [5.74, 6) is -1.02. The van der Waals surface area contributed by atoms with Gasteiger partial charge < -0.3 is 14.2 Å². The maximum atomic E-state index is 12.9. The molecule has 424 valence electrons. The number of carbonyl (C=O) groups is 3. The minimum atomic E-state index is -0.832. The summed E-state index contributed by atoms with van der Waals surface area (Å²) in [6.45, 7) is 6.28. The van der Waals surface area contributed by atoms with Crippen LogP contribution in [0.25, 0.3) is 0 Å². The fourth-order valence-corrected chi connectivity index (χ4v) is 7.47. The molecule has 0 aliphatic rings. The number of esters is 3. The average Bonchev–Trinajstić information content (AvgIpc) is 3.42. The molecular formula is C70H108O6. The van der Waals surface area contributed by atoms with Gasteiger partial charge in [0.25, 0.3) is 0 Å². The predicted octanol–water partition coefficient (Wildman–Crippen LogP) is 20.7. The van der Waals surface area contributed by atoms with Crippen molar-refractivity contribution >= 4 is 17.9 Å². The molecule has 6 heteroatoms. The van der Waals surface area contributed by atoms with Crippen molar-refractivity contribution in [2.45, 2.75) is 239 Å². The lowest BCUT2D eigenvalue weighted by Crippen LogP contribution is -2.30. The monoisotopic (exact) mass is 1040 g/mol. The van der Waals surface area contributed by atoms with Crippen molar-refractivity contribution in [3.05, 3.63) is 170 Å². The van der Waals surface area contributed by atoms with Gasteiger partial charge in [0.1, 0.15) is 13.2 Å². The molecule has 0 N–H and O–H groups in total. The highest BCUT2D eigenvalue weighted by Crippen LogP contribution is 2.12. The normalized spacial score (nSPS) is 13.4.